The van der Waals surface area contributed by atoms with Gasteiger partial charge in [-0.3, -0.25) is 9.59 Å². The van der Waals surface area contributed by atoms with Crippen molar-refractivity contribution >= 4 is 11.8 Å². The number of carbonyl (C=O) groups is 2. The molecule has 2 aliphatic rings. The van der Waals surface area contributed by atoms with E-state index in [0.717, 1.165) is 25.7 Å². The molecule has 2 amide bonds. The highest BCUT2D eigenvalue weighted by Crippen LogP contribution is 2.27. The Labute approximate surface area is 123 Å². The van der Waals surface area contributed by atoms with E-state index >= 15 is 0 Å². The number of nitriles is 1. The Balaban J connectivity index is 1.89. The summed E-state index contributed by atoms with van der Waals surface area (Å²) in [6, 6.07) is 3.77. The van der Waals surface area contributed by atoms with Crippen LogP contribution < -0.4 is 5.32 Å². The summed E-state index contributed by atoms with van der Waals surface area (Å²) in [6.45, 7) is 0.104. The Morgan fingerprint density at radius 2 is 2.19 bits per heavy atom. The Hall–Kier alpha value is -2.29. The number of aryl methyl sites for hydroxylation is 1. The van der Waals surface area contributed by atoms with Gasteiger partial charge >= 0.3 is 0 Å². The fraction of sp³-hybridized carbons (Fsp3) is 0.533. The first-order valence-corrected chi connectivity index (χ1v) is 7.27. The van der Waals surface area contributed by atoms with Gasteiger partial charge in [-0.25, -0.2) is 0 Å². The largest absolute Gasteiger partial charge is 0.350 e. The van der Waals surface area contributed by atoms with Crippen molar-refractivity contribution in [3.05, 3.63) is 23.5 Å². The molecule has 0 aromatic carbocycles. The zero-order valence-electron chi connectivity index (χ0n) is 12.0. The van der Waals surface area contributed by atoms with Crippen LogP contribution in [0.3, 0.4) is 0 Å². The summed E-state index contributed by atoms with van der Waals surface area (Å²) in [5, 5.41) is 11.9. The monoisotopic (exact) mass is 286 g/mol. The maximum absolute atomic E-state index is 12.8. The highest BCUT2D eigenvalue weighted by molar-refractivity contribution is 5.96. The van der Waals surface area contributed by atoms with E-state index in [-0.39, 0.29) is 30.4 Å². The van der Waals surface area contributed by atoms with Crippen molar-refractivity contribution in [3.8, 4) is 6.07 Å². The van der Waals surface area contributed by atoms with E-state index in [2.05, 4.69) is 5.32 Å². The fourth-order valence-electron chi connectivity index (χ4n) is 3.38. The van der Waals surface area contributed by atoms with Gasteiger partial charge in [0.25, 0.3) is 5.91 Å². The molecule has 3 rings (SSSR count). The van der Waals surface area contributed by atoms with E-state index in [1.54, 1.807) is 28.8 Å². The lowest BCUT2D eigenvalue weighted by molar-refractivity contribution is -0.127. The van der Waals surface area contributed by atoms with Crippen LogP contribution in [0.15, 0.2) is 12.3 Å². The molecule has 1 saturated heterocycles. The Morgan fingerprint density at radius 3 is 2.90 bits per heavy atom. The van der Waals surface area contributed by atoms with E-state index in [9.17, 15) is 9.59 Å². The lowest BCUT2D eigenvalue weighted by Crippen LogP contribution is -2.63. The van der Waals surface area contributed by atoms with Gasteiger partial charge in [-0.15, -0.1) is 0 Å². The molecule has 1 aliphatic heterocycles. The molecule has 21 heavy (non-hydrogen) atoms. The normalized spacial score (nSPS) is 25.0. The molecule has 110 valence electrons. The van der Waals surface area contributed by atoms with Gasteiger partial charge in [-0.2, -0.15) is 5.26 Å². The van der Waals surface area contributed by atoms with Crippen LogP contribution in [0.4, 0.5) is 0 Å². The average molecular weight is 286 g/mol. The number of carbonyl (C=O) groups excluding carboxylic acids is 2. The number of nitrogens with zero attached hydrogens (tertiary/aromatic N) is 3. The molecular formula is C15H18N4O2. The van der Waals surface area contributed by atoms with Gasteiger partial charge in [0.15, 0.2) is 0 Å². The van der Waals surface area contributed by atoms with Gasteiger partial charge < -0.3 is 14.8 Å². The second-order valence-corrected chi connectivity index (χ2v) is 5.80. The number of fused-ring (bicyclic) bond motifs is 1. The maximum Gasteiger partial charge on any atom is 0.271 e. The van der Waals surface area contributed by atoms with Crippen LogP contribution in [0.1, 0.15) is 41.7 Å². The topological polar surface area (TPSA) is 78.1 Å². The molecule has 2 atom stereocenters. The van der Waals surface area contributed by atoms with Crippen molar-refractivity contribution < 1.29 is 9.59 Å². The summed E-state index contributed by atoms with van der Waals surface area (Å²) >= 11 is 0. The zero-order chi connectivity index (χ0) is 15.0. The van der Waals surface area contributed by atoms with Crippen LogP contribution in [-0.2, 0) is 11.8 Å². The van der Waals surface area contributed by atoms with Gasteiger partial charge in [-0.1, -0.05) is 12.8 Å². The zero-order valence-corrected chi connectivity index (χ0v) is 12.0. The van der Waals surface area contributed by atoms with E-state index in [4.69, 9.17) is 5.26 Å². The average Bonchev–Trinajstić information content (AvgIpc) is 2.86. The van der Waals surface area contributed by atoms with Crippen LogP contribution in [0.5, 0.6) is 0 Å². The predicted octanol–water partition coefficient (Wildman–Crippen LogP) is 0.780. The maximum atomic E-state index is 12.8. The molecule has 1 aromatic rings. The third-order valence-electron chi connectivity index (χ3n) is 4.40. The van der Waals surface area contributed by atoms with Gasteiger partial charge in [0.2, 0.25) is 5.91 Å². The molecule has 2 fully saturated rings. The van der Waals surface area contributed by atoms with Crippen molar-refractivity contribution in [1.82, 2.24) is 14.8 Å². The summed E-state index contributed by atoms with van der Waals surface area (Å²) in [6.07, 6.45) is 5.65. The van der Waals surface area contributed by atoms with Crippen LogP contribution in [0.2, 0.25) is 0 Å². The van der Waals surface area contributed by atoms with Gasteiger partial charge in [0.1, 0.15) is 18.3 Å². The van der Waals surface area contributed by atoms with Gasteiger partial charge in [0.05, 0.1) is 11.6 Å². The number of aromatic nitrogens is 1. The van der Waals surface area contributed by atoms with Crippen molar-refractivity contribution in [1.29, 1.82) is 5.26 Å². The highest BCUT2D eigenvalue weighted by Gasteiger charge is 2.39. The van der Waals surface area contributed by atoms with Crippen LogP contribution in [0, 0.1) is 11.3 Å². The predicted molar refractivity (Wildman–Crippen MR) is 75.4 cm³/mol. The summed E-state index contributed by atoms with van der Waals surface area (Å²) in [7, 11) is 1.75. The quantitative estimate of drug-likeness (QED) is 0.828. The second kappa shape index (κ2) is 5.24. The summed E-state index contributed by atoms with van der Waals surface area (Å²) in [4.78, 5) is 26.3. The van der Waals surface area contributed by atoms with E-state index in [0.29, 0.717) is 11.3 Å². The first-order chi connectivity index (χ1) is 10.1. The molecule has 1 aliphatic carbocycles. The number of nitrogens with one attached hydrogen (secondary N) is 1. The van der Waals surface area contributed by atoms with E-state index < -0.39 is 0 Å². The Morgan fingerprint density at radius 1 is 1.43 bits per heavy atom. The fourth-order valence-corrected chi connectivity index (χ4v) is 3.38. The molecule has 1 N–H and O–H groups in total. The first-order valence-electron chi connectivity index (χ1n) is 7.27. The third-order valence-corrected chi connectivity index (χ3v) is 4.40. The summed E-state index contributed by atoms with van der Waals surface area (Å²) in [5.74, 6) is -0.257. The number of hydrogen-bond donors (Lipinski definition) is 1. The molecule has 0 unspecified atom stereocenters. The minimum Gasteiger partial charge on any atom is -0.350 e. The van der Waals surface area contributed by atoms with Gasteiger partial charge in [-0.05, 0) is 18.9 Å². The van der Waals surface area contributed by atoms with Crippen LogP contribution in [0.25, 0.3) is 0 Å². The molecule has 0 spiro atoms. The standard InChI is InChI=1S/C15H18N4O2/c1-18-8-10(7-16)6-13(18)15(21)19-9-14(20)17-11-4-2-3-5-12(11)19/h6,8,11-12H,2-5,9H2,1H3,(H,17,20)/t11-,12-/m0/s1. The molecule has 6 nitrogen and oxygen atoms in total. The smallest absolute Gasteiger partial charge is 0.271 e. The van der Waals surface area contributed by atoms with Gasteiger partial charge in [0, 0.05) is 19.3 Å². The minimum atomic E-state index is -0.161. The lowest BCUT2D eigenvalue weighted by Gasteiger charge is -2.43. The van der Waals surface area contributed by atoms with Crippen molar-refractivity contribution in [2.45, 2.75) is 37.8 Å². The second-order valence-electron chi connectivity index (χ2n) is 5.80. The van der Waals surface area contributed by atoms with Crippen LogP contribution in [-0.4, -0.2) is 39.9 Å². The molecule has 0 radical (unpaired) electrons. The Bertz CT molecular complexity index is 628. The van der Waals surface area contributed by atoms with Crippen molar-refractivity contribution in [3.63, 3.8) is 0 Å². The molecule has 2 heterocycles. The van der Waals surface area contributed by atoms with E-state index in [1.165, 1.54) is 0 Å². The molecule has 6 heteroatoms. The Kier molecular flexibility index (Phi) is 3.42. The lowest BCUT2D eigenvalue weighted by atomic mass is 9.87. The highest BCUT2D eigenvalue weighted by atomic mass is 16.2. The number of hydrogen-bond acceptors (Lipinski definition) is 3. The third kappa shape index (κ3) is 2.40. The van der Waals surface area contributed by atoms with Crippen LogP contribution >= 0.6 is 0 Å². The number of piperazine rings is 1. The first kappa shape index (κ1) is 13.7. The van der Waals surface area contributed by atoms with Crippen molar-refractivity contribution in [2.75, 3.05) is 6.54 Å². The SMILES string of the molecule is Cn1cc(C#N)cc1C(=O)N1CC(=O)N[C@H]2CCCC[C@@H]21. The number of amides is 2. The number of rotatable bonds is 1. The molecule has 1 saturated carbocycles. The molecule has 0 bridgehead atoms. The van der Waals surface area contributed by atoms with E-state index in [1.807, 2.05) is 6.07 Å². The minimum absolute atomic E-state index is 0.0691. The molecule has 1 aromatic heterocycles. The summed E-state index contributed by atoms with van der Waals surface area (Å²) in [5.41, 5.74) is 0.924. The van der Waals surface area contributed by atoms with Crippen molar-refractivity contribution in [2.24, 2.45) is 7.05 Å². The molecular weight excluding hydrogens is 268 g/mol. The summed E-state index contributed by atoms with van der Waals surface area (Å²) < 4.78 is 1.66.